The molecule has 0 aromatic carbocycles. The summed E-state index contributed by atoms with van der Waals surface area (Å²) in [6.07, 6.45) is 7.08. The lowest BCUT2D eigenvalue weighted by Crippen LogP contribution is -2.46. The summed E-state index contributed by atoms with van der Waals surface area (Å²) < 4.78 is 35.8. The number of nitrogens with one attached hydrogen (secondary N) is 1. The van der Waals surface area contributed by atoms with Gasteiger partial charge in [0.15, 0.2) is 0 Å². The standard InChI is InChI=1S/C30H39N5O5S/c1-8-29(6,31)22-16-33-26(39-17(2)13-18(3)41(7,37)38)21-15-32-24(14-20(21)22)34-23-10-9-19-25(35-23)30(11-12-30)28(4,5)40-27(19)36/h9-10,14-18H,8,11-13,31H2,1-7H3,(H,32,34,35)/t17-,18-,29-/m1/s1. The van der Waals surface area contributed by atoms with Crippen LogP contribution < -0.4 is 15.8 Å². The van der Waals surface area contributed by atoms with Gasteiger partial charge in [0.1, 0.15) is 27.1 Å². The van der Waals surface area contributed by atoms with Gasteiger partial charge >= 0.3 is 5.97 Å². The number of nitrogens with zero attached hydrogens (tertiary/aromatic N) is 3. The number of nitrogens with two attached hydrogens (primary N) is 1. The summed E-state index contributed by atoms with van der Waals surface area (Å²) in [6, 6.07) is 5.42. The first-order valence-corrected chi connectivity index (χ1v) is 16.0. The lowest BCUT2D eigenvalue weighted by Gasteiger charge is -2.39. The maximum absolute atomic E-state index is 12.7. The zero-order valence-electron chi connectivity index (χ0n) is 24.7. The molecule has 3 atom stereocenters. The Labute approximate surface area is 241 Å². The molecule has 41 heavy (non-hydrogen) atoms. The third-order valence-corrected chi connectivity index (χ3v) is 10.5. The SMILES string of the molecule is CC[C@@](C)(N)c1cnc(O[C@H](C)C[C@@H](C)S(C)(=O)=O)c2cnc(Nc3ccc4c(n3)C3(CC3)C(C)(C)OC4=O)cc12. The monoisotopic (exact) mass is 581 g/mol. The molecule has 3 aromatic rings. The van der Waals surface area contributed by atoms with Crippen LogP contribution in [0.15, 0.2) is 30.6 Å². The van der Waals surface area contributed by atoms with Gasteiger partial charge in [-0.1, -0.05) is 6.92 Å². The van der Waals surface area contributed by atoms with Crippen LogP contribution in [0, 0.1) is 0 Å². The van der Waals surface area contributed by atoms with E-state index in [9.17, 15) is 13.2 Å². The second kappa shape index (κ2) is 9.90. The zero-order chi connectivity index (χ0) is 30.0. The van der Waals surface area contributed by atoms with Gasteiger partial charge in [0.25, 0.3) is 0 Å². The Hall–Kier alpha value is -3.31. The number of cyclic esters (lactones) is 1. The van der Waals surface area contributed by atoms with Crippen LogP contribution in [0.5, 0.6) is 5.88 Å². The summed E-state index contributed by atoms with van der Waals surface area (Å²) in [4.78, 5) is 26.7. The van der Waals surface area contributed by atoms with Gasteiger partial charge in [-0.3, -0.25) is 0 Å². The van der Waals surface area contributed by atoms with Crippen LogP contribution >= 0.6 is 0 Å². The highest BCUT2D eigenvalue weighted by molar-refractivity contribution is 7.91. The first-order chi connectivity index (χ1) is 19.1. The molecule has 0 bridgehead atoms. The summed E-state index contributed by atoms with van der Waals surface area (Å²) in [5.74, 6) is 1.15. The number of ether oxygens (including phenoxy) is 2. The summed E-state index contributed by atoms with van der Waals surface area (Å²) >= 11 is 0. The van der Waals surface area contributed by atoms with E-state index >= 15 is 0 Å². The summed E-state index contributed by atoms with van der Waals surface area (Å²) in [5, 5.41) is 4.27. The third-order valence-electron chi connectivity index (χ3n) is 8.87. The Morgan fingerprint density at radius 2 is 1.85 bits per heavy atom. The van der Waals surface area contributed by atoms with Crippen molar-refractivity contribution in [3.63, 3.8) is 0 Å². The van der Waals surface area contributed by atoms with E-state index in [-0.39, 0.29) is 17.5 Å². The maximum atomic E-state index is 12.7. The zero-order valence-corrected chi connectivity index (χ0v) is 25.6. The lowest BCUT2D eigenvalue weighted by molar-refractivity contribution is -0.0285. The molecule has 4 heterocycles. The fourth-order valence-corrected chi connectivity index (χ4v) is 6.24. The molecule has 2 aliphatic rings. The molecular weight excluding hydrogens is 542 g/mol. The first-order valence-electron chi connectivity index (χ1n) is 14.0. The Morgan fingerprint density at radius 3 is 2.49 bits per heavy atom. The predicted octanol–water partition coefficient (Wildman–Crippen LogP) is 4.92. The number of carbonyl (C=O) groups is 1. The van der Waals surface area contributed by atoms with E-state index in [4.69, 9.17) is 20.2 Å². The molecule has 1 fully saturated rings. The molecule has 0 amide bonds. The van der Waals surface area contributed by atoms with Crippen molar-refractivity contribution in [2.45, 2.75) is 95.1 Å². The number of hydrogen-bond donors (Lipinski definition) is 2. The predicted molar refractivity (Wildman–Crippen MR) is 158 cm³/mol. The number of fused-ring (bicyclic) bond motifs is 3. The smallest absolute Gasteiger partial charge is 0.340 e. The van der Waals surface area contributed by atoms with Crippen molar-refractivity contribution in [2.75, 3.05) is 11.6 Å². The van der Waals surface area contributed by atoms with E-state index < -0.39 is 26.2 Å². The molecule has 1 saturated carbocycles. The molecule has 3 aromatic heterocycles. The van der Waals surface area contributed by atoms with Gasteiger partial charge in [0.05, 0.1) is 33.4 Å². The van der Waals surface area contributed by atoms with Crippen LogP contribution in [0.2, 0.25) is 0 Å². The van der Waals surface area contributed by atoms with Crippen molar-refractivity contribution in [3.8, 4) is 5.88 Å². The van der Waals surface area contributed by atoms with E-state index in [0.29, 0.717) is 41.3 Å². The molecule has 1 spiro atoms. The summed E-state index contributed by atoms with van der Waals surface area (Å²) in [5.41, 5.74) is 7.24. The maximum Gasteiger partial charge on any atom is 0.340 e. The fourth-order valence-electron chi connectivity index (χ4n) is 5.62. The highest BCUT2D eigenvalue weighted by atomic mass is 32.2. The van der Waals surface area contributed by atoms with E-state index in [0.717, 1.165) is 29.5 Å². The van der Waals surface area contributed by atoms with Crippen molar-refractivity contribution in [3.05, 3.63) is 47.4 Å². The van der Waals surface area contributed by atoms with Crippen molar-refractivity contribution in [1.29, 1.82) is 0 Å². The second-order valence-corrected chi connectivity index (χ2v) is 14.8. The largest absolute Gasteiger partial charge is 0.474 e. The molecule has 220 valence electrons. The number of anilines is 2. The molecule has 1 aliphatic heterocycles. The highest BCUT2D eigenvalue weighted by Crippen LogP contribution is 2.59. The Morgan fingerprint density at radius 1 is 1.15 bits per heavy atom. The van der Waals surface area contributed by atoms with Gasteiger partial charge in [-0.25, -0.2) is 28.2 Å². The Balaban J connectivity index is 1.51. The number of rotatable bonds is 9. The van der Waals surface area contributed by atoms with E-state index in [2.05, 4.69) is 15.3 Å². The second-order valence-electron chi connectivity index (χ2n) is 12.4. The fraction of sp³-hybridized carbons (Fsp3) is 0.533. The summed E-state index contributed by atoms with van der Waals surface area (Å²) in [7, 11) is -3.19. The average Bonchev–Trinajstić information content (AvgIpc) is 3.69. The van der Waals surface area contributed by atoms with Crippen LogP contribution in [-0.4, -0.2) is 52.5 Å². The quantitative estimate of drug-likeness (QED) is 0.334. The van der Waals surface area contributed by atoms with Crippen molar-refractivity contribution < 1.29 is 22.7 Å². The molecule has 10 nitrogen and oxygen atoms in total. The molecule has 3 N–H and O–H groups in total. The van der Waals surface area contributed by atoms with Gasteiger partial charge in [-0.15, -0.1) is 0 Å². The Kier molecular flexibility index (Phi) is 7.05. The number of aromatic nitrogens is 3. The van der Waals surface area contributed by atoms with Gasteiger partial charge in [-0.05, 0) is 83.0 Å². The van der Waals surface area contributed by atoms with Crippen LogP contribution in [0.1, 0.15) is 88.8 Å². The van der Waals surface area contributed by atoms with Crippen LogP contribution in [-0.2, 0) is 25.5 Å². The molecule has 11 heteroatoms. The van der Waals surface area contributed by atoms with E-state index in [1.165, 1.54) is 6.26 Å². The van der Waals surface area contributed by atoms with Crippen LogP contribution in [0.4, 0.5) is 11.6 Å². The minimum atomic E-state index is -3.19. The minimum absolute atomic E-state index is 0.274. The summed E-state index contributed by atoms with van der Waals surface area (Å²) in [6.45, 7) is 11.4. The highest BCUT2D eigenvalue weighted by Gasteiger charge is 2.63. The number of esters is 1. The van der Waals surface area contributed by atoms with Crippen molar-refractivity contribution in [2.24, 2.45) is 5.73 Å². The number of sulfone groups is 1. The van der Waals surface area contributed by atoms with Gasteiger partial charge in [0, 0.05) is 30.6 Å². The molecular formula is C30H39N5O5S. The van der Waals surface area contributed by atoms with Crippen LogP contribution in [0.3, 0.4) is 0 Å². The molecule has 0 unspecified atom stereocenters. The van der Waals surface area contributed by atoms with Gasteiger partial charge in [-0.2, -0.15) is 0 Å². The normalized spacial score (nSPS) is 20.0. The van der Waals surface area contributed by atoms with Crippen LogP contribution in [0.25, 0.3) is 10.8 Å². The van der Waals surface area contributed by atoms with E-state index in [1.807, 2.05) is 40.7 Å². The molecule has 1 aliphatic carbocycles. The van der Waals surface area contributed by atoms with Crippen molar-refractivity contribution >= 4 is 38.2 Å². The number of carbonyl (C=O) groups excluding carboxylic acids is 1. The Bertz CT molecular complexity index is 1630. The molecule has 0 radical (unpaired) electrons. The van der Waals surface area contributed by atoms with Gasteiger partial charge in [0.2, 0.25) is 5.88 Å². The third kappa shape index (κ3) is 5.25. The minimum Gasteiger partial charge on any atom is -0.474 e. The topological polar surface area (TPSA) is 146 Å². The van der Waals surface area contributed by atoms with Crippen molar-refractivity contribution in [1.82, 2.24) is 15.0 Å². The number of hydrogen-bond acceptors (Lipinski definition) is 10. The average molecular weight is 582 g/mol. The lowest BCUT2D eigenvalue weighted by atomic mass is 9.80. The first kappa shape index (κ1) is 29.2. The molecule has 0 saturated heterocycles. The molecule has 5 rings (SSSR count). The number of pyridine rings is 3. The van der Waals surface area contributed by atoms with E-state index in [1.54, 1.807) is 31.5 Å². The van der Waals surface area contributed by atoms with Gasteiger partial charge < -0.3 is 20.5 Å².